The number of rotatable bonds is 6. The van der Waals surface area contributed by atoms with Gasteiger partial charge in [-0.15, -0.1) is 0 Å². The molecule has 1 unspecified atom stereocenters. The minimum absolute atomic E-state index is 0.0870. The number of amides is 1. The van der Waals surface area contributed by atoms with E-state index in [1.54, 1.807) is 14.0 Å². The average Bonchev–Trinajstić information content (AvgIpc) is 2.43. The highest BCUT2D eigenvalue weighted by atomic mass is 79.9. The van der Waals surface area contributed by atoms with Crippen LogP contribution in [-0.2, 0) is 4.79 Å². The molecule has 1 atom stereocenters. The third-order valence-electron chi connectivity index (χ3n) is 2.95. The highest BCUT2D eigenvalue weighted by Gasteiger charge is 2.24. The zero-order valence-corrected chi connectivity index (χ0v) is 13.6. The maximum atomic E-state index is 11.7. The molecule has 8 heteroatoms. The number of aliphatic hydroxyl groups excluding tert-OH is 1. The summed E-state index contributed by atoms with van der Waals surface area (Å²) in [6, 6.07) is 2.80. The second kappa shape index (κ2) is 7.37. The molecule has 0 heterocycles. The Hall–Kier alpha value is -1.67. The van der Waals surface area contributed by atoms with E-state index >= 15 is 0 Å². The molecule has 1 N–H and O–H groups in total. The quantitative estimate of drug-likeness (QED) is 0.620. The monoisotopic (exact) mass is 360 g/mol. The van der Waals surface area contributed by atoms with Gasteiger partial charge in [-0.1, -0.05) is 15.9 Å². The molecule has 0 saturated carbocycles. The van der Waals surface area contributed by atoms with Crippen molar-refractivity contribution in [1.29, 1.82) is 0 Å². The lowest BCUT2D eigenvalue weighted by Gasteiger charge is -2.17. The van der Waals surface area contributed by atoms with Crippen LogP contribution >= 0.6 is 15.9 Å². The van der Waals surface area contributed by atoms with Crippen LogP contribution in [0.4, 0.5) is 5.69 Å². The van der Waals surface area contributed by atoms with Gasteiger partial charge in [-0.25, -0.2) is 0 Å². The molecule has 1 aromatic carbocycles. The molecule has 0 aliphatic rings. The van der Waals surface area contributed by atoms with Crippen molar-refractivity contribution in [2.75, 3.05) is 20.2 Å². The van der Waals surface area contributed by atoms with Crippen molar-refractivity contribution < 1.29 is 19.6 Å². The minimum Gasteiger partial charge on any atom is -0.476 e. The number of benzene rings is 1. The summed E-state index contributed by atoms with van der Waals surface area (Å²) >= 11 is 3.15. The van der Waals surface area contributed by atoms with Crippen LogP contribution in [0.5, 0.6) is 5.75 Å². The average molecular weight is 361 g/mol. The summed E-state index contributed by atoms with van der Waals surface area (Å²) in [6.07, 6.45) is -0.963. The molecule has 1 rings (SSSR count). The zero-order chi connectivity index (χ0) is 16.2. The Morgan fingerprint density at radius 3 is 2.67 bits per heavy atom. The molecule has 1 amide bonds. The fourth-order valence-electron chi connectivity index (χ4n) is 1.62. The van der Waals surface area contributed by atoms with Gasteiger partial charge in [0, 0.05) is 29.7 Å². The molecule has 0 aliphatic heterocycles. The lowest BCUT2D eigenvalue weighted by atomic mass is 10.1. The summed E-state index contributed by atoms with van der Waals surface area (Å²) < 4.78 is 5.77. The molecule has 0 spiro atoms. The van der Waals surface area contributed by atoms with E-state index in [2.05, 4.69) is 15.9 Å². The first kappa shape index (κ1) is 17.4. The van der Waals surface area contributed by atoms with Gasteiger partial charge >= 0.3 is 5.69 Å². The van der Waals surface area contributed by atoms with Crippen LogP contribution in [0.1, 0.15) is 25.5 Å². The van der Waals surface area contributed by atoms with Gasteiger partial charge in [0.2, 0.25) is 5.75 Å². The fourth-order valence-corrected chi connectivity index (χ4v) is 2.09. The first-order valence-corrected chi connectivity index (χ1v) is 7.09. The van der Waals surface area contributed by atoms with Crippen LogP contribution in [0.2, 0.25) is 0 Å². The van der Waals surface area contributed by atoms with Crippen LogP contribution in [0.3, 0.4) is 0 Å². The largest absolute Gasteiger partial charge is 0.476 e. The number of hydrogen-bond acceptors (Lipinski definition) is 5. The van der Waals surface area contributed by atoms with Gasteiger partial charge in [0.05, 0.1) is 11.0 Å². The number of carbonyl (C=O) groups is 1. The van der Waals surface area contributed by atoms with Gasteiger partial charge in [0.15, 0.2) is 6.61 Å². The van der Waals surface area contributed by atoms with Crippen molar-refractivity contribution in [1.82, 2.24) is 4.90 Å². The number of aliphatic hydroxyl groups is 1. The van der Waals surface area contributed by atoms with E-state index in [9.17, 15) is 20.0 Å². The summed E-state index contributed by atoms with van der Waals surface area (Å²) in [6.45, 7) is 3.46. The van der Waals surface area contributed by atoms with Crippen LogP contribution in [0, 0.1) is 10.1 Å². The molecule has 0 saturated heterocycles. The van der Waals surface area contributed by atoms with Gasteiger partial charge < -0.3 is 14.7 Å². The number of nitro benzene ring substituents is 1. The van der Waals surface area contributed by atoms with E-state index in [0.29, 0.717) is 11.0 Å². The topological polar surface area (TPSA) is 92.9 Å². The lowest BCUT2D eigenvalue weighted by Crippen LogP contribution is -2.31. The second-order valence-corrected chi connectivity index (χ2v) is 5.39. The van der Waals surface area contributed by atoms with E-state index in [0.717, 1.165) is 0 Å². The molecule has 0 fully saturated rings. The molecule has 0 aromatic heterocycles. The van der Waals surface area contributed by atoms with Crippen molar-refractivity contribution in [2.45, 2.75) is 20.0 Å². The van der Waals surface area contributed by atoms with E-state index in [4.69, 9.17) is 4.74 Å². The SMILES string of the molecule is CCN(C)C(=O)COc1c(C(C)O)cc(Br)cc1[N+](=O)[O-]. The van der Waals surface area contributed by atoms with Crippen LogP contribution in [0.15, 0.2) is 16.6 Å². The van der Waals surface area contributed by atoms with E-state index in [-0.39, 0.29) is 29.5 Å². The summed E-state index contributed by atoms with van der Waals surface area (Å²) in [5.74, 6) is -0.387. The molecule has 116 valence electrons. The molecular formula is C13H17BrN2O5. The summed E-state index contributed by atoms with van der Waals surface area (Å²) in [5.41, 5.74) is -0.0461. The molecule has 1 aromatic rings. The number of ether oxygens (including phenoxy) is 1. The normalized spacial score (nSPS) is 11.9. The molecule has 21 heavy (non-hydrogen) atoms. The number of nitrogens with zero attached hydrogens (tertiary/aromatic N) is 2. The van der Waals surface area contributed by atoms with Gasteiger partial charge in [-0.05, 0) is 19.9 Å². The van der Waals surface area contributed by atoms with Crippen LogP contribution in [0.25, 0.3) is 0 Å². The third kappa shape index (κ3) is 4.40. The Morgan fingerprint density at radius 1 is 1.57 bits per heavy atom. The predicted octanol–water partition coefficient (Wildman–Crippen LogP) is 2.27. The van der Waals surface area contributed by atoms with Crippen molar-refractivity contribution in [3.05, 3.63) is 32.3 Å². The van der Waals surface area contributed by atoms with Gasteiger partial charge in [0.25, 0.3) is 5.91 Å². The Kier molecular flexibility index (Phi) is 6.10. The predicted molar refractivity (Wildman–Crippen MR) is 80.2 cm³/mol. The molecule has 0 aliphatic carbocycles. The number of halogens is 1. The maximum Gasteiger partial charge on any atom is 0.312 e. The Morgan fingerprint density at radius 2 is 2.19 bits per heavy atom. The highest BCUT2D eigenvalue weighted by molar-refractivity contribution is 9.10. The Bertz CT molecular complexity index is 548. The molecular weight excluding hydrogens is 344 g/mol. The third-order valence-corrected chi connectivity index (χ3v) is 3.41. The zero-order valence-electron chi connectivity index (χ0n) is 12.0. The number of hydrogen-bond donors (Lipinski definition) is 1. The second-order valence-electron chi connectivity index (χ2n) is 4.47. The van der Waals surface area contributed by atoms with E-state index < -0.39 is 11.0 Å². The maximum absolute atomic E-state index is 11.7. The first-order chi connectivity index (χ1) is 9.77. The van der Waals surface area contributed by atoms with Crippen molar-refractivity contribution in [3.63, 3.8) is 0 Å². The number of nitro groups is 1. The minimum atomic E-state index is -0.963. The summed E-state index contributed by atoms with van der Waals surface area (Å²) in [7, 11) is 1.61. The van der Waals surface area contributed by atoms with E-state index in [1.807, 2.05) is 0 Å². The standard InChI is InChI=1S/C13H17BrN2O5/c1-4-15(3)12(18)7-21-13-10(8(2)17)5-9(14)6-11(13)16(19)20/h5-6,8,17H,4,7H2,1-3H3. The van der Waals surface area contributed by atoms with Crippen molar-refractivity contribution in [2.24, 2.45) is 0 Å². The lowest BCUT2D eigenvalue weighted by molar-refractivity contribution is -0.386. The smallest absolute Gasteiger partial charge is 0.312 e. The number of carbonyl (C=O) groups excluding carboxylic acids is 1. The molecule has 0 bridgehead atoms. The Balaban J connectivity index is 3.14. The van der Waals surface area contributed by atoms with Gasteiger partial charge in [-0.2, -0.15) is 0 Å². The summed E-state index contributed by atoms with van der Waals surface area (Å²) in [4.78, 5) is 23.7. The molecule has 0 radical (unpaired) electrons. The Labute approximate surface area is 130 Å². The highest BCUT2D eigenvalue weighted by Crippen LogP contribution is 2.37. The van der Waals surface area contributed by atoms with Crippen molar-refractivity contribution >= 4 is 27.5 Å². The first-order valence-electron chi connectivity index (χ1n) is 6.30. The van der Waals surface area contributed by atoms with Crippen LogP contribution in [-0.4, -0.2) is 41.0 Å². The van der Waals surface area contributed by atoms with Crippen LogP contribution < -0.4 is 4.74 Å². The van der Waals surface area contributed by atoms with Gasteiger partial charge in [-0.3, -0.25) is 14.9 Å². The summed E-state index contributed by atoms with van der Waals surface area (Å²) in [5, 5.41) is 20.8. The fraction of sp³-hybridized carbons (Fsp3) is 0.462. The van der Waals surface area contributed by atoms with Crippen molar-refractivity contribution in [3.8, 4) is 5.75 Å². The number of likely N-dealkylation sites (N-methyl/N-ethyl adjacent to an activating group) is 1. The molecule has 7 nitrogen and oxygen atoms in total. The van der Waals surface area contributed by atoms with E-state index in [1.165, 1.54) is 24.0 Å². The van der Waals surface area contributed by atoms with Gasteiger partial charge in [0.1, 0.15) is 0 Å².